The Morgan fingerprint density at radius 3 is 2.45 bits per heavy atom. The van der Waals surface area contributed by atoms with Crippen LogP contribution in [0.1, 0.15) is 27.0 Å². The smallest absolute Gasteiger partial charge is 0.339 e. The van der Waals surface area contributed by atoms with Gasteiger partial charge in [0.2, 0.25) is 0 Å². The highest BCUT2D eigenvalue weighted by molar-refractivity contribution is 5.92. The standard InChI is InChI=1S/C25H20O4/c1-16-13-24(28-2)21(25(26)27)14-19(16)12-9-17-7-10-18(11-8-17)23-15-20-5-3-4-6-22(20)29-23/h3-15H,1-2H3,(H,26,27)/b12-9+. The largest absolute Gasteiger partial charge is 0.496 e. The van der Waals surface area contributed by atoms with Gasteiger partial charge in [-0.05, 0) is 47.9 Å². The summed E-state index contributed by atoms with van der Waals surface area (Å²) in [6.07, 6.45) is 3.88. The van der Waals surface area contributed by atoms with Gasteiger partial charge < -0.3 is 14.3 Å². The first-order chi connectivity index (χ1) is 14.0. The second-order valence-corrected chi connectivity index (χ2v) is 6.82. The summed E-state index contributed by atoms with van der Waals surface area (Å²) in [7, 11) is 1.47. The van der Waals surface area contributed by atoms with Crippen molar-refractivity contribution in [2.45, 2.75) is 6.92 Å². The van der Waals surface area contributed by atoms with Crippen molar-refractivity contribution in [2.75, 3.05) is 7.11 Å². The number of aryl methyl sites for hydroxylation is 1. The molecular weight excluding hydrogens is 364 g/mol. The van der Waals surface area contributed by atoms with Crippen LogP contribution in [-0.4, -0.2) is 18.2 Å². The number of fused-ring (bicyclic) bond motifs is 1. The van der Waals surface area contributed by atoms with E-state index in [9.17, 15) is 9.90 Å². The average Bonchev–Trinajstić information content (AvgIpc) is 3.17. The molecule has 3 aromatic carbocycles. The molecule has 0 bridgehead atoms. The fourth-order valence-electron chi connectivity index (χ4n) is 3.28. The SMILES string of the molecule is COc1cc(C)c(/C=C/c2ccc(-c3cc4ccccc4o3)cc2)cc1C(=O)O. The van der Waals surface area contributed by atoms with Crippen LogP contribution in [0.25, 0.3) is 34.4 Å². The van der Waals surface area contributed by atoms with Crippen molar-refractivity contribution in [2.24, 2.45) is 0 Å². The topological polar surface area (TPSA) is 59.7 Å². The number of carboxylic acids is 1. The lowest BCUT2D eigenvalue weighted by Gasteiger charge is -2.09. The normalized spacial score (nSPS) is 11.2. The lowest BCUT2D eigenvalue weighted by molar-refractivity contribution is 0.0693. The lowest BCUT2D eigenvalue weighted by Crippen LogP contribution is -2.02. The van der Waals surface area contributed by atoms with Gasteiger partial charge in [-0.1, -0.05) is 54.6 Å². The Morgan fingerprint density at radius 2 is 1.76 bits per heavy atom. The van der Waals surface area contributed by atoms with Gasteiger partial charge >= 0.3 is 5.97 Å². The van der Waals surface area contributed by atoms with Crippen LogP contribution in [0.5, 0.6) is 5.75 Å². The lowest BCUT2D eigenvalue weighted by atomic mass is 10.0. The third-order valence-electron chi connectivity index (χ3n) is 4.89. The quantitative estimate of drug-likeness (QED) is 0.411. The maximum Gasteiger partial charge on any atom is 0.339 e. The molecule has 1 N–H and O–H groups in total. The molecule has 4 aromatic rings. The molecule has 144 valence electrons. The molecule has 0 unspecified atom stereocenters. The second-order valence-electron chi connectivity index (χ2n) is 6.82. The predicted octanol–water partition coefficient (Wildman–Crippen LogP) is 6.29. The number of carboxylic acid groups (broad SMARTS) is 1. The number of rotatable bonds is 5. The van der Waals surface area contributed by atoms with Gasteiger partial charge in [0, 0.05) is 10.9 Å². The summed E-state index contributed by atoms with van der Waals surface area (Å²) in [6, 6.07) is 21.4. The van der Waals surface area contributed by atoms with Crippen molar-refractivity contribution < 1.29 is 19.1 Å². The van der Waals surface area contributed by atoms with Crippen molar-refractivity contribution in [1.82, 2.24) is 0 Å². The fraction of sp³-hybridized carbons (Fsp3) is 0.0800. The molecule has 0 aliphatic rings. The van der Waals surface area contributed by atoms with E-state index in [1.54, 1.807) is 12.1 Å². The van der Waals surface area contributed by atoms with Crippen LogP contribution in [0, 0.1) is 6.92 Å². The molecule has 0 aliphatic heterocycles. The van der Waals surface area contributed by atoms with Crippen molar-refractivity contribution in [3.63, 3.8) is 0 Å². The maximum atomic E-state index is 11.4. The molecule has 29 heavy (non-hydrogen) atoms. The predicted molar refractivity (Wildman–Crippen MR) is 115 cm³/mol. The van der Waals surface area contributed by atoms with E-state index in [-0.39, 0.29) is 5.56 Å². The van der Waals surface area contributed by atoms with Crippen LogP contribution < -0.4 is 4.74 Å². The van der Waals surface area contributed by atoms with Crippen LogP contribution >= 0.6 is 0 Å². The van der Waals surface area contributed by atoms with Crippen molar-refractivity contribution >= 4 is 29.1 Å². The van der Waals surface area contributed by atoms with Crippen molar-refractivity contribution in [3.05, 3.63) is 89.0 Å². The molecule has 0 aliphatic carbocycles. The molecule has 4 heteroatoms. The summed E-state index contributed by atoms with van der Waals surface area (Å²) in [5.41, 5.74) is 4.82. The zero-order valence-corrected chi connectivity index (χ0v) is 16.2. The number of para-hydroxylation sites is 1. The van der Waals surface area contributed by atoms with Gasteiger partial charge in [0.1, 0.15) is 22.7 Å². The van der Waals surface area contributed by atoms with E-state index in [1.807, 2.05) is 73.7 Å². The zero-order valence-electron chi connectivity index (χ0n) is 16.2. The summed E-state index contributed by atoms with van der Waals surface area (Å²) >= 11 is 0. The monoisotopic (exact) mass is 384 g/mol. The number of benzene rings is 3. The Bertz CT molecular complexity index is 1180. The first-order valence-electron chi connectivity index (χ1n) is 9.24. The summed E-state index contributed by atoms with van der Waals surface area (Å²) in [4.78, 5) is 11.4. The molecule has 0 saturated heterocycles. The van der Waals surface area contributed by atoms with E-state index < -0.39 is 5.97 Å². The van der Waals surface area contributed by atoms with Crippen LogP contribution in [0.4, 0.5) is 0 Å². The van der Waals surface area contributed by atoms with Crippen molar-refractivity contribution in [1.29, 1.82) is 0 Å². The van der Waals surface area contributed by atoms with Gasteiger partial charge in [-0.3, -0.25) is 0 Å². The Morgan fingerprint density at radius 1 is 1.00 bits per heavy atom. The first-order valence-corrected chi connectivity index (χ1v) is 9.24. The number of carbonyl (C=O) groups is 1. The number of hydrogen-bond acceptors (Lipinski definition) is 3. The average molecular weight is 384 g/mol. The second kappa shape index (κ2) is 7.68. The summed E-state index contributed by atoms with van der Waals surface area (Å²) in [6.45, 7) is 1.93. The van der Waals surface area contributed by atoms with Gasteiger partial charge in [-0.15, -0.1) is 0 Å². The summed E-state index contributed by atoms with van der Waals surface area (Å²) in [5.74, 6) is 0.188. The highest BCUT2D eigenvalue weighted by Crippen LogP contribution is 2.28. The van der Waals surface area contributed by atoms with Gasteiger partial charge in [-0.25, -0.2) is 4.79 Å². The minimum Gasteiger partial charge on any atom is -0.496 e. The molecule has 1 heterocycles. The van der Waals surface area contributed by atoms with E-state index >= 15 is 0 Å². The number of ether oxygens (including phenoxy) is 1. The number of aromatic carboxylic acids is 1. The van der Waals surface area contributed by atoms with Crippen LogP contribution in [0.2, 0.25) is 0 Å². The van der Waals surface area contributed by atoms with Gasteiger partial charge in [0.05, 0.1) is 7.11 Å². The Labute approximate surface area is 168 Å². The molecule has 0 atom stereocenters. The molecule has 0 radical (unpaired) electrons. The van der Waals surface area contributed by atoms with Crippen LogP contribution in [0.15, 0.2) is 71.1 Å². The molecule has 0 amide bonds. The molecule has 4 nitrogen and oxygen atoms in total. The van der Waals surface area contributed by atoms with Crippen molar-refractivity contribution in [3.8, 4) is 17.1 Å². The Hall–Kier alpha value is -3.79. The van der Waals surface area contributed by atoms with Gasteiger partial charge in [0.15, 0.2) is 0 Å². The van der Waals surface area contributed by atoms with E-state index in [2.05, 4.69) is 0 Å². The van der Waals surface area contributed by atoms with Crippen LogP contribution in [0.3, 0.4) is 0 Å². The number of methoxy groups -OCH3 is 1. The van der Waals surface area contributed by atoms with Gasteiger partial charge in [-0.2, -0.15) is 0 Å². The van der Waals surface area contributed by atoms with E-state index in [0.29, 0.717) is 5.75 Å². The number of hydrogen-bond donors (Lipinski definition) is 1. The first kappa shape index (κ1) is 18.6. The fourth-order valence-corrected chi connectivity index (χ4v) is 3.28. The van der Waals surface area contributed by atoms with Crippen LogP contribution in [-0.2, 0) is 0 Å². The summed E-state index contributed by atoms with van der Waals surface area (Å²) < 4.78 is 11.1. The van der Waals surface area contributed by atoms with E-state index in [1.165, 1.54) is 7.11 Å². The van der Waals surface area contributed by atoms with Gasteiger partial charge in [0.25, 0.3) is 0 Å². The Kier molecular flexibility index (Phi) is 4.92. The third-order valence-corrected chi connectivity index (χ3v) is 4.89. The molecule has 1 aromatic heterocycles. The zero-order chi connectivity index (χ0) is 20.4. The summed E-state index contributed by atoms with van der Waals surface area (Å²) in [5, 5.41) is 10.5. The minimum atomic E-state index is -1.01. The minimum absolute atomic E-state index is 0.151. The van der Waals surface area contributed by atoms with E-state index in [0.717, 1.165) is 39.0 Å². The number of furan rings is 1. The van der Waals surface area contributed by atoms with E-state index in [4.69, 9.17) is 9.15 Å². The molecule has 0 saturated carbocycles. The maximum absolute atomic E-state index is 11.4. The molecular formula is C25H20O4. The molecule has 0 spiro atoms. The Balaban J connectivity index is 1.59. The third kappa shape index (κ3) is 3.78. The molecule has 0 fully saturated rings. The highest BCUT2D eigenvalue weighted by Gasteiger charge is 2.13. The highest BCUT2D eigenvalue weighted by atomic mass is 16.5. The molecule has 4 rings (SSSR count).